The lowest BCUT2D eigenvalue weighted by atomic mass is 10.0. The van der Waals surface area contributed by atoms with Crippen molar-refractivity contribution in [3.63, 3.8) is 0 Å². The first-order chi connectivity index (χ1) is 12.7. The fraction of sp³-hybridized carbons (Fsp3) is 0.333. The topological polar surface area (TPSA) is 66.9 Å². The van der Waals surface area contributed by atoms with E-state index < -0.39 is 6.04 Å². The van der Waals surface area contributed by atoms with Gasteiger partial charge in [-0.15, -0.1) is 0 Å². The van der Waals surface area contributed by atoms with Gasteiger partial charge in [-0.3, -0.25) is 9.36 Å². The number of benzene rings is 2. The number of carbonyl (C=O) groups excluding carboxylic acids is 1. The number of fused-ring (bicyclic) bond motifs is 1. The minimum atomic E-state index is -0.532. The first-order valence-corrected chi connectivity index (χ1v) is 9.21. The number of nitrogens with zero attached hydrogens (tertiary/aromatic N) is 1. The van der Waals surface area contributed by atoms with Crippen molar-refractivity contribution in [3.8, 4) is 0 Å². The summed E-state index contributed by atoms with van der Waals surface area (Å²) >= 11 is 0. The molecule has 1 heterocycles. The molecule has 0 fully saturated rings. The second kappa shape index (κ2) is 8.52. The van der Waals surface area contributed by atoms with Gasteiger partial charge in [0.05, 0.1) is 11.0 Å². The number of carbonyl (C=O) groups is 1. The van der Waals surface area contributed by atoms with E-state index in [0.717, 1.165) is 35.9 Å². The number of unbranched alkanes of at least 4 members (excludes halogenated alkanes) is 1. The quantitative estimate of drug-likeness (QED) is 0.611. The van der Waals surface area contributed by atoms with Crippen molar-refractivity contribution in [2.24, 2.45) is 0 Å². The Balaban J connectivity index is 1.89. The highest BCUT2D eigenvalue weighted by molar-refractivity contribution is 5.83. The average Bonchev–Trinajstić information content (AvgIpc) is 2.99. The van der Waals surface area contributed by atoms with Crippen molar-refractivity contribution in [3.05, 3.63) is 70.6 Å². The zero-order valence-corrected chi connectivity index (χ0v) is 15.1. The van der Waals surface area contributed by atoms with Gasteiger partial charge in [-0.25, -0.2) is 4.79 Å². The average molecular weight is 351 g/mol. The van der Waals surface area contributed by atoms with E-state index in [-0.39, 0.29) is 11.6 Å². The van der Waals surface area contributed by atoms with Gasteiger partial charge in [0.15, 0.2) is 0 Å². The van der Waals surface area contributed by atoms with Crippen LogP contribution in [0.1, 0.15) is 37.8 Å². The molecule has 3 aromatic rings. The molecule has 0 aliphatic rings. The first-order valence-electron chi connectivity index (χ1n) is 9.21. The monoisotopic (exact) mass is 351 g/mol. The number of amides is 1. The summed E-state index contributed by atoms with van der Waals surface area (Å²) in [5, 5.41) is 2.99. The van der Waals surface area contributed by atoms with E-state index in [9.17, 15) is 9.59 Å². The number of H-pyrrole nitrogens is 1. The smallest absolute Gasteiger partial charge is 0.327 e. The minimum Gasteiger partial charge on any atom is -0.354 e. The van der Waals surface area contributed by atoms with Gasteiger partial charge in [0, 0.05) is 6.54 Å². The molecule has 2 aromatic carbocycles. The fourth-order valence-electron chi connectivity index (χ4n) is 3.22. The van der Waals surface area contributed by atoms with E-state index in [0.29, 0.717) is 13.0 Å². The molecule has 0 spiro atoms. The molecule has 0 radical (unpaired) electrons. The molecule has 0 aliphatic heterocycles. The Hall–Kier alpha value is -2.82. The Kier molecular flexibility index (Phi) is 5.89. The van der Waals surface area contributed by atoms with Crippen LogP contribution in [0.15, 0.2) is 59.4 Å². The second-order valence-corrected chi connectivity index (χ2v) is 6.50. The number of rotatable bonds is 8. The predicted octanol–water partition coefficient (Wildman–Crippen LogP) is 3.42. The normalized spacial score (nSPS) is 12.2. The number of para-hydroxylation sites is 2. The number of imidazole rings is 1. The number of aromatic amines is 1. The molecule has 2 N–H and O–H groups in total. The lowest BCUT2D eigenvalue weighted by Gasteiger charge is -2.18. The largest absolute Gasteiger partial charge is 0.354 e. The first kappa shape index (κ1) is 18.0. The summed E-state index contributed by atoms with van der Waals surface area (Å²) in [6.07, 6.45) is 3.25. The van der Waals surface area contributed by atoms with Gasteiger partial charge in [0.25, 0.3) is 0 Å². The molecule has 1 aromatic heterocycles. The molecule has 3 rings (SSSR count). The van der Waals surface area contributed by atoms with Crippen LogP contribution in [0, 0.1) is 0 Å². The zero-order valence-electron chi connectivity index (χ0n) is 15.1. The van der Waals surface area contributed by atoms with Gasteiger partial charge in [0.1, 0.15) is 6.04 Å². The third-order valence-corrected chi connectivity index (χ3v) is 4.62. The molecule has 5 nitrogen and oxygen atoms in total. The van der Waals surface area contributed by atoms with Gasteiger partial charge in [-0.2, -0.15) is 0 Å². The lowest BCUT2D eigenvalue weighted by molar-refractivity contribution is -0.124. The van der Waals surface area contributed by atoms with Crippen LogP contribution in [0.4, 0.5) is 0 Å². The number of hydrogen-bond acceptors (Lipinski definition) is 2. The highest BCUT2D eigenvalue weighted by Gasteiger charge is 2.24. The number of nitrogens with one attached hydrogen (secondary N) is 2. The lowest BCUT2D eigenvalue weighted by Crippen LogP contribution is -2.37. The molecule has 1 unspecified atom stereocenters. The summed E-state index contributed by atoms with van der Waals surface area (Å²) in [4.78, 5) is 28.3. The Morgan fingerprint density at radius 3 is 2.62 bits per heavy atom. The highest BCUT2D eigenvalue weighted by Crippen LogP contribution is 2.20. The molecular weight excluding hydrogens is 326 g/mol. The maximum atomic E-state index is 12.8. The van der Waals surface area contributed by atoms with Crippen LogP contribution in [0.3, 0.4) is 0 Å². The van der Waals surface area contributed by atoms with E-state index >= 15 is 0 Å². The van der Waals surface area contributed by atoms with Gasteiger partial charge in [-0.05, 0) is 37.0 Å². The molecule has 1 amide bonds. The Morgan fingerprint density at radius 2 is 1.85 bits per heavy atom. The van der Waals surface area contributed by atoms with Crippen molar-refractivity contribution in [1.29, 1.82) is 0 Å². The molecule has 0 saturated heterocycles. The molecule has 136 valence electrons. The van der Waals surface area contributed by atoms with Crippen molar-refractivity contribution >= 4 is 16.9 Å². The third-order valence-electron chi connectivity index (χ3n) is 4.62. The van der Waals surface area contributed by atoms with Crippen molar-refractivity contribution in [2.75, 3.05) is 6.54 Å². The summed E-state index contributed by atoms with van der Waals surface area (Å²) in [6, 6.07) is 17.0. The van der Waals surface area contributed by atoms with Crippen LogP contribution in [0.5, 0.6) is 0 Å². The SMILES string of the molecule is CCCCNC(=O)C(CCc1ccccc1)n1c(=O)[nH]c2ccccc21. The molecular formula is C21H25N3O2. The third kappa shape index (κ3) is 4.04. The van der Waals surface area contributed by atoms with E-state index in [1.807, 2.05) is 54.6 Å². The summed E-state index contributed by atoms with van der Waals surface area (Å²) < 4.78 is 1.60. The standard InChI is InChI=1S/C21H25N3O2/c1-2-3-15-22-20(25)19(14-13-16-9-5-4-6-10-16)24-18-12-8-7-11-17(18)23-21(24)26/h4-12,19H,2-3,13-15H2,1H3,(H,22,25)(H,23,26). The maximum Gasteiger partial charge on any atom is 0.327 e. The van der Waals surface area contributed by atoms with Crippen LogP contribution >= 0.6 is 0 Å². The summed E-state index contributed by atoms with van der Waals surface area (Å²) in [7, 11) is 0. The fourth-order valence-corrected chi connectivity index (χ4v) is 3.22. The maximum absolute atomic E-state index is 12.8. The van der Waals surface area contributed by atoms with E-state index in [4.69, 9.17) is 0 Å². The number of aryl methyl sites for hydroxylation is 1. The molecule has 1 atom stereocenters. The van der Waals surface area contributed by atoms with Crippen LogP contribution < -0.4 is 11.0 Å². The van der Waals surface area contributed by atoms with Gasteiger partial charge < -0.3 is 10.3 Å². The Labute approximate surface area is 153 Å². The summed E-state index contributed by atoms with van der Waals surface area (Å²) in [5.41, 5.74) is 2.44. The molecule has 0 aliphatic carbocycles. The number of aromatic nitrogens is 2. The van der Waals surface area contributed by atoms with Crippen LogP contribution in [-0.2, 0) is 11.2 Å². The zero-order chi connectivity index (χ0) is 18.4. The molecule has 0 bridgehead atoms. The second-order valence-electron chi connectivity index (χ2n) is 6.50. The van der Waals surface area contributed by atoms with E-state index in [1.165, 1.54) is 0 Å². The van der Waals surface area contributed by atoms with E-state index in [2.05, 4.69) is 17.2 Å². The van der Waals surface area contributed by atoms with Crippen LogP contribution in [0.25, 0.3) is 11.0 Å². The van der Waals surface area contributed by atoms with Crippen LogP contribution in [-0.4, -0.2) is 22.0 Å². The summed E-state index contributed by atoms with van der Waals surface area (Å²) in [5.74, 6) is -0.0961. The molecule has 0 saturated carbocycles. The molecule has 5 heteroatoms. The Morgan fingerprint density at radius 1 is 1.12 bits per heavy atom. The van der Waals surface area contributed by atoms with E-state index in [1.54, 1.807) is 4.57 Å². The predicted molar refractivity (Wildman–Crippen MR) is 104 cm³/mol. The molecule has 26 heavy (non-hydrogen) atoms. The number of hydrogen-bond donors (Lipinski definition) is 2. The van der Waals surface area contributed by atoms with Crippen molar-refractivity contribution in [1.82, 2.24) is 14.9 Å². The van der Waals surface area contributed by atoms with Gasteiger partial charge >= 0.3 is 5.69 Å². The minimum absolute atomic E-state index is 0.0961. The van der Waals surface area contributed by atoms with Gasteiger partial charge in [0.2, 0.25) is 5.91 Å². The van der Waals surface area contributed by atoms with Crippen LogP contribution in [0.2, 0.25) is 0 Å². The van der Waals surface area contributed by atoms with Crippen molar-refractivity contribution < 1.29 is 4.79 Å². The van der Waals surface area contributed by atoms with Crippen molar-refractivity contribution in [2.45, 2.75) is 38.6 Å². The highest BCUT2D eigenvalue weighted by atomic mass is 16.2. The summed E-state index contributed by atoms with van der Waals surface area (Å²) in [6.45, 7) is 2.72. The Bertz CT molecular complexity index is 912. The van der Waals surface area contributed by atoms with Gasteiger partial charge in [-0.1, -0.05) is 55.8 Å².